The zero-order chi connectivity index (χ0) is 18.7. The summed E-state index contributed by atoms with van der Waals surface area (Å²) in [4.78, 5) is 0. The fourth-order valence-corrected chi connectivity index (χ4v) is 4.01. The summed E-state index contributed by atoms with van der Waals surface area (Å²) in [7, 11) is -2.80. The number of hydrogen-bond donors (Lipinski definition) is 1. The summed E-state index contributed by atoms with van der Waals surface area (Å²) >= 11 is 0. The predicted octanol–water partition coefficient (Wildman–Crippen LogP) is 4.59. The van der Waals surface area contributed by atoms with Crippen LogP contribution in [0.4, 0.5) is 0 Å². The molecular formula is C18H38O4S. The number of rotatable bonds is 10. The summed E-state index contributed by atoms with van der Waals surface area (Å²) < 4.78 is 32.5. The van der Waals surface area contributed by atoms with Gasteiger partial charge in [0.25, 0.3) is 11.0 Å². The Morgan fingerprint density at radius 3 is 1.65 bits per heavy atom. The van der Waals surface area contributed by atoms with Crippen LogP contribution in [0.3, 0.4) is 0 Å². The van der Waals surface area contributed by atoms with Crippen LogP contribution >= 0.6 is 0 Å². The lowest BCUT2D eigenvalue weighted by Crippen LogP contribution is -2.43. The summed E-state index contributed by atoms with van der Waals surface area (Å²) in [6.45, 7) is 21.6. The van der Waals surface area contributed by atoms with Crippen molar-refractivity contribution in [3.63, 3.8) is 0 Å². The molecule has 0 spiro atoms. The van der Waals surface area contributed by atoms with E-state index in [1.807, 2.05) is 13.8 Å². The molecule has 0 unspecified atom stereocenters. The third-order valence-corrected chi connectivity index (χ3v) is 4.80. The summed E-state index contributed by atoms with van der Waals surface area (Å²) in [6, 6.07) is 0. The first-order valence-corrected chi connectivity index (χ1v) is 9.55. The van der Waals surface area contributed by atoms with E-state index in [1.54, 1.807) is 0 Å². The Bertz CT molecular complexity index is 438. The van der Waals surface area contributed by atoms with E-state index in [4.69, 9.17) is 8.92 Å². The quantitative estimate of drug-likeness (QED) is 0.585. The van der Waals surface area contributed by atoms with Crippen molar-refractivity contribution >= 4 is 11.0 Å². The molecule has 5 heteroatoms. The third kappa shape index (κ3) is 9.68. The van der Waals surface area contributed by atoms with E-state index in [-0.39, 0.29) is 28.6 Å². The van der Waals surface area contributed by atoms with Gasteiger partial charge in [-0.15, -0.1) is 0 Å². The van der Waals surface area contributed by atoms with Gasteiger partial charge in [0.15, 0.2) is 0 Å². The highest BCUT2D eigenvalue weighted by molar-refractivity contribution is 7.67. The Labute approximate surface area is 145 Å². The van der Waals surface area contributed by atoms with Crippen LogP contribution in [0.1, 0.15) is 82.1 Å². The first-order chi connectivity index (χ1) is 9.98. The molecule has 140 valence electrons. The second kappa shape index (κ2) is 7.83. The standard InChI is InChI=1S/C18H38O4S/c1-14(2)16(5,6)12-18(9,10)22-17(7,8)11-15(3,4)13-21-23(19)20/h14,23H,11-13H2,1-10H3. The second-order valence-electron chi connectivity index (χ2n) is 9.78. The van der Waals surface area contributed by atoms with Crippen LogP contribution in [0.15, 0.2) is 0 Å². The van der Waals surface area contributed by atoms with Crippen molar-refractivity contribution in [2.45, 2.75) is 93.3 Å². The molecule has 0 aliphatic rings. The molecule has 23 heavy (non-hydrogen) atoms. The van der Waals surface area contributed by atoms with Crippen LogP contribution in [0.2, 0.25) is 0 Å². The molecular weight excluding hydrogens is 312 g/mol. The van der Waals surface area contributed by atoms with E-state index in [0.29, 0.717) is 12.3 Å². The molecule has 0 heterocycles. The lowest BCUT2D eigenvalue weighted by molar-refractivity contribution is -0.155. The molecule has 0 fully saturated rings. The highest BCUT2D eigenvalue weighted by Crippen LogP contribution is 2.40. The first-order valence-electron chi connectivity index (χ1n) is 8.46. The molecule has 0 bridgehead atoms. The van der Waals surface area contributed by atoms with Gasteiger partial charge in [-0.3, -0.25) is 4.18 Å². The molecule has 0 aromatic heterocycles. The van der Waals surface area contributed by atoms with Gasteiger partial charge in [0.1, 0.15) is 0 Å². The van der Waals surface area contributed by atoms with Crippen molar-refractivity contribution in [1.82, 2.24) is 0 Å². The molecule has 4 nitrogen and oxygen atoms in total. The topological polar surface area (TPSA) is 52.6 Å². The van der Waals surface area contributed by atoms with Gasteiger partial charge in [-0.25, -0.2) is 8.42 Å². The van der Waals surface area contributed by atoms with Crippen LogP contribution in [0.25, 0.3) is 0 Å². The summed E-state index contributed by atoms with van der Waals surface area (Å²) in [5, 5.41) is 0. The molecule has 0 N–H and O–H groups in total. The van der Waals surface area contributed by atoms with Gasteiger partial charge in [0.05, 0.1) is 17.8 Å². The zero-order valence-corrected chi connectivity index (χ0v) is 17.7. The molecule has 0 amide bonds. The average molecular weight is 351 g/mol. The van der Waals surface area contributed by atoms with Crippen LogP contribution in [0, 0.1) is 16.7 Å². The van der Waals surface area contributed by atoms with E-state index in [1.165, 1.54) is 0 Å². The van der Waals surface area contributed by atoms with Gasteiger partial charge in [0, 0.05) is 0 Å². The Hall–Kier alpha value is -0.130. The smallest absolute Gasteiger partial charge is 0.257 e. The van der Waals surface area contributed by atoms with Gasteiger partial charge in [0.2, 0.25) is 0 Å². The first kappa shape index (κ1) is 22.9. The van der Waals surface area contributed by atoms with Gasteiger partial charge in [-0.1, -0.05) is 41.5 Å². The number of hydrogen-bond acceptors (Lipinski definition) is 4. The van der Waals surface area contributed by atoms with E-state index < -0.39 is 11.0 Å². The minimum absolute atomic E-state index is 0.177. The van der Waals surface area contributed by atoms with E-state index >= 15 is 0 Å². The van der Waals surface area contributed by atoms with Crippen molar-refractivity contribution in [2.75, 3.05) is 6.61 Å². The Morgan fingerprint density at radius 2 is 1.26 bits per heavy atom. The maximum absolute atomic E-state index is 10.6. The summed E-state index contributed by atoms with van der Waals surface area (Å²) in [5.41, 5.74) is -0.697. The summed E-state index contributed by atoms with van der Waals surface area (Å²) in [5.74, 6) is 0.576. The van der Waals surface area contributed by atoms with E-state index in [2.05, 4.69) is 55.4 Å². The minimum atomic E-state index is -2.80. The van der Waals surface area contributed by atoms with Gasteiger partial charge >= 0.3 is 0 Å². The van der Waals surface area contributed by atoms with Crippen molar-refractivity contribution in [2.24, 2.45) is 16.7 Å². The largest absolute Gasteiger partial charge is 0.370 e. The van der Waals surface area contributed by atoms with Gasteiger partial charge in [-0.2, -0.15) is 0 Å². The van der Waals surface area contributed by atoms with Gasteiger partial charge in [-0.05, 0) is 57.3 Å². The lowest BCUT2D eigenvalue weighted by atomic mass is 9.73. The molecule has 0 saturated heterocycles. The molecule has 0 radical (unpaired) electrons. The number of thiol groups is 1. The van der Waals surface area contributed by atoms with Crippen LogP contribution in [-0.4, -0.2) is 26.2 Å². The molecule has 0 aliphatic heterocycles. The van der Waals surface area contributed by atoms with E-state index in [0.717, 1.165) is 6.42 Å². The summed E-state index contributed by atoms with van der Waals surface area (Å²) in [6.07, 6.45) is 1.68. The highest BCUT2D eigenvalue weighted by atomic mass is 32.2. The molecule has 0 aromatic rings. The third-order valence-electron chi connectivity index (χ3n) is 4.46. The second-order valence-corrected chi connectivity index (χ2v) is 10.5. The molecule has 0 atom stereocenters. The van der Waals surface area contributed by atoms with Gasteiger partial charge < -0.3 is 4.74 Å². The fourth-order valence-electron chi connectivity index (χ4n) is 3.55. The predicted molar refractivity (Wildman–Crippen MR) is 97.1 cm³/mol. The Kier molecular flexibility index (Phi) is 7.79. The van der Waals surface area contributed by atoms with Crippen LogP contribution in [-0.2, 0) is 19.9 Å². The van der Waals surface area contributed by atoms with Crippen LogP contribution < -0.4 is 0 Å². The maximum atomic E-state index is 10.6. The lowest BCUT2D eigenvalue weighted by Gasteiger charge is -2.44. The highest BCUT2D eigenvalue weighted by Gasteiger charge is 2.38. The SMILES string of the molecule is CC(C)C(C)(C)CC(C)(C)OC(C)(C)CC(C)(C)CO[SH](=O)=O. The van der Waals surface area contributed by atoms with Crippen molar-refractivity contribution in [3.8, 4) is 0 Å². The molecule has 0 aromatic carbocycles. The molecule has 0 aliphatic carbocycles. The van der Waals surface area contributed by atoms with Crippen LogP contribution in [0.5, 0.6) is 0 Å². The fraction of sp³-hybridized carbons (Fsp3) is 1.00. The van der Waals surface area contributed by atoms with Crippen molar-refractivity contribution < 1.29 is 17.3 Å². The maximum Gasteiger partial charge on any atom is 0.257 e. The number of ether oxygens (including phenoxy) is 1. The monoisotopic (exact) mass is 350 g/mol. The Balaban J connectivity index is 4.88. The normalized spacial score (nSPS) is 14.8. The molecule has 0 saturated carbocycles. The minimum Gasteiger partial charge on any atom is -0.370 e. The average Bonchev–Trinajstić information content (AvgIpc) is 2.20. The van der Waals surface area contributed by atoms with E-state index in [9.17, 15) is 8.42 Å². The molecule has 0 rings (SSSR count). The van der Waals surface area contributed by atoms with Crippen molar-refractivity contribution in [1.29, 1.82) is 0 Å². The van der Waals surface area contributed by atoms with Crippen molar-refractivity contribution in [3.05, 3.63) is 0 Å². The Morgan fingerprint density at radius 1 is 0.826 bits per heavy atom. The zero-order valence-electron chi connectivity index (χ0n) is 16.8.